The van der Waals surface area contributed by atoms with E-state index in [1.54, 1.807) is 36.4 Å². The first kappa shape index (κ1) is 12.9. The molecule has 2 aliphatic rings. The summed E-state index contributed by atoms with van der Waals surface area (Å²) in [5, 5.41) is 9.31. The molecule has 22 heavy (non-hydrogen) atoms. The number of phenolic OH excluding ortho intramolecular Hbond substituents is 1. The number of phenols is 1. The van der Waals surface area contributed by atoms with Gasteiger partial charge in [0, 0.05) is 12.2 Å². The lowest BCUT2D eigenvalue weighted by atomic mass is 9.91. The third-order valence-corrected chi connectivity index (χ3v) is 3.75. The van der Waals surface area contributed by atoms with Crippen molar-refractivity contribution < 1.29 is 23.0 Å². The van der Waals surface area contributed by atoms with Crippen LogP contribution in [0.25, 0.3) is 5.76 Å². The normalized spacial score (nSPS) is 18.0. The zero-order chi connectivity index (χ0) is 15.3. The number of ether oxygens (including phenoxy) is 1. The van der Waals surface area contributed by atoms with Gasteiger partial charge in [-0.1, -0.05) is 0 Å². The number of fused-ring (bicyclic) bond motifs is 2. The van der Waals surface area contributed by atoms with Crippen LogP contribution in [0.5, 0.6) is 11.5 Å². The van der Waals surface area contributed by atoms with Crippen LogP contribution in [0.15, 0.2) is 60.4 Å². The molecule has 2 aliphatic heterocycles. The summed E-state index contributed by atoms with van der Waals surface area (Å²) in [4.78, 5) is 0. The van der Waals surface area contributed by atoms with Gasteiger partial charge in [0.15, 0.2) is 0 Å². The number of hydrogen-bond donors (Lipinski definition) is 1. The van der Waals surface area contributed by atoms with Gasteiger partial charge in [0.05, 0.1) is 5.69 Å². The summed E-state index contributed by atoms with van der Waals surface area (Å²) in [6.45, 7) is -3.91. The van der Waals surface area contributed by atoms with Crippen molar-refractivity contribution in [3.8, 4) is 11.5 Å². The summed E-state index contributed by atoms with van der Waals surface area (Å²) in [5.41, 5.74) is 0.647. The highest BCUT2D eigenvalue weighted by Crippen LogP contribution is 2.36. The van der Waals surface area contributed by atoms with Gasteiger partial charge in [-0.15, -0.1) is 0 Å². The molecule has 0 amide bonds. The second-order valence-corrected chi connectivity index (χ2v) is 5.11. The van der Waals surface area contributed by atoms with E-state index in [2.05, 4.69) is 0 Å². The molecule has 1 aromatic heterocycles. The van der Waals surface area contributed by atoms with Gasteiger partial charge >= 0.3 is 6.97 Å². The molecule has 1 N–H and O–H groups in total. The quantitative estimate of drug-likeness (QED) is 0.866. The second-order valence-electron chi connectivity index (χ2n) is 5.11. The number of benzene rings is 1. The molecule has 2 aromatic rings. The van der Waals surface area contributed by atoms with Crippen LogP contribution >= 0.6 is 0 Å². The lowest BCUT2D eigenvalue weighted by Gasteiger charge is -2.30. The molecular formula is C15H11BF2N2O2. The highest BCUT2D eigenvalue weighted by Gasteiger charge is 2.52. The maximum absolute atomic E-state index is 14.5. The highest BCUT2D eigenvalue weighted by atomic mass is 19.2. The van der Waals surface area contributed by atoms with Gasteiger partial charge in [-0.3, -0.25) is 0 Å². The minimum Gasteiger partial charge on any atom is -0.508 e. The Hall–Kier alpha value is -2.83. The molecular weight excluding hydrogens is 289 g/mol. The van der Waals surface area contributed by atoms with Crippen molar-refractivity contribution in [3.63, 3.8) is 0 Å². The van der Waals surface area contributed by atoms with Crippen molar-refractivity contribution in [1.29, 1.82) is 0 Å². The summed E-state index contributed by atoms with van der Waals surface area (Å²) < 4.78 is 36.7. The monoisotopic (exact) mass is 300 g/mol. The van der Waals surface area contributed by atoms with E-state index in [0.717, 1.165) is 8.96 Å². The van der Waals surface area contributed by atoms with Crippen LogP contribution in [-0.2, 0) is 0 Å². The average molecular weight is 300 g/mol. The number of aromatic hydroxyl groups is 1. The predicted molar refractivity (Wildman–Crippen MR) is 78.9 cm³/mol. The summed E-state index contributed by atoms with van der Waals surface area (Å²) in [6, 6.07) is 9.30. The molecule has 4 nitrogen and oxygen atoms in total. The van der Waals surface area contributed by atoms with Crippen LogP contribution in [0.4, 0.5) is 8.63 Å². The van der Waals surface area contributed by atoms with Gasteiger partial charge in [0.1, 0.15) is 17.7 Å². The zero-order valence-corrected chi connectivity index (χ0v) is 11.4. The largest absolute Gasteiger partial charge is 0.737 e. The number of rotatable bonds is 2. The Kier molecular flexibility index (Phi) is 2.54. The van der Waals surface area contributed by atoms with Gasteiger partial charge in [0.25, 0.3) is 0 Å². The van der Waals surface area contributed by atoms with E-state index in [4.69, 9.17) is 4.74 Å². The SMILES string of the molecule is Oc1ccc(OC2=C3C=CC=[N+]3[B-](F)(F)n3cccc32)cc1. The third kappa shape index (κ3) is 1.72. The Balaban J connectivity index is 1.86. The maximum Gasteiger partial charge on any atom is 0.737 e. The molecule has 0 bridgehead atoms. The highest BCUT2D eigenvalue weighted by molar-refractivity contribution is 6.57. The van der Waals surface area contributed by atoms with E-state index in [1.807, 2.05) is 0 Å². The molecule has 0 aliphatic carbocycles. The Bertz CT molecular complexity index is 851. The molecule has 3 heterocycles. The molecule has 4 rings (SSSR count). The first-order valence-corrected chi connectivity index (χ1v) is 6.78. The van der Waals surface area contributed by atoms with E-state index in [9.17, 15) is 13.7 Å². The van der Waals surface area contributed by atoms with Crippen LogP contribution in [0.3, 0.4) is 0 Å². The van der Waals surface area contributed by atoms with Crippen molar-refractivity contribution in [3.05, 3.63) is 66.1 Å². The van der Waals surface area contributed by atoms with Crippen molar-refractivity contribution in [2.45, 2.75) is 0 Å². The molecule has 110 valence electrons. The van der Waals surface area contributed by atoms with Crippen molar-refractivity contribution in [1.82, 2.24) is 4.48 Å². The molecule has 0 atom stereocenters. The lowest BCUT2D eigenvalue weighted by molar-refractivity contribution is -0.357. The Morgan fingerprint density at radius 1 is 1.14 bits per heavy atom. The zero-order valence-electron chi connectivity index (χ0n) is 11.4. The summed E-state index contributed by atoms with van der Waals surface area (Å²) >= 11 is 0. The van der Waals surface area contributed by atoms with Gasteiger partial charge in [-0.25, -0.2) is 0 Å². The minimum atomic E-state index is -3.91. The molecule has 1 aromatic carbocycles. The van der Waals surface area contributed by atoms with Gasteiger partial charge in [-0.05, 0) is 42.6 Å². The number of halogens is 2. The van der Waals surface area contributed by atoms with Crippen LogP contribution < -0.4 is 4.74 Å². The summed E-state index contributed by atoms with van der Waals surface area (Å²) in [7, 11) is 0. The van der Waals surface area contributed by atoms with E-state index >= 15 is 0 Å². The third-order valence-electron chi connectivity index (χ3n) is 3.75. The molecule has 0 saturated heterocycles. The fourth-order valence-electron chi connectivity index (χ4n) is 2.72. The minimum absolute atomic E-state index is 0.114. The number of hydrogen-bond acceptors (Lipinski definition) is 2. The van der Waals surface area contributed by atoms with Crippen LogP contribution in [0, 0.1) is 0 Å². The Morgan fingerprint density at radius 2 is 1.91 bits per heavy atom. The topological polar surface area (TPSA) is 37.4 Å². The Morgan fingerprint density at radius 3 is 2.68 bits per heavy atom. The molecule has 0 spiro atoms. The van der Waals surface area contributed by atoms with Crippen LogP contribution in [-0.4, -0.2) is 27.3 Å². The fourth-order valence-corrected chi connectivity index (χ4v) is 2.72. The number of aromatic nitrogens is 1. The van der Waals surface area contributed by atoms with Crippen LogP contribution in [0.1, 0.15) is 5.69 Å². The van der Waals surface area contributed by atoms with E-state index in [0.29, 0.717) is 22.9 Å². The van der Waals surface area contributed by atoms with E-state index < -0.39 is 6.97 Å². The second kappa shape index (κ2) is 4.33. The molecule has 0 unspecified atom stereocenters. The smallest absolute Gasteiger partial charge is 0.508 e. The first-order chi connectivity index (χ1) is 10.6. The van der Waals surface area contributed by atoms with Gasteiger partial charge in [-0.2, -0.15) is 0 Å². The molecule has 0 fully saturated rings. The predicted octanol–water partition coefficient (Wildman–Crippen LogP) is 2.83. The van der Waals surface area contributed by atoms with Crippen molar-refractivity contribution >= 4 is 18.9 Å². The summed E-state index contributed by atoms with van der Waals surface area (Å²) in [5.74, 6) is 0.933. The lowest BCUT2D eigenvalue weighted by Crippen LogP contribution is -2.49. The van der Waals surface area contributed by atoms with Crippen molar-refractivity contribution in [2.75, 3.05) is 0 Å². The molecule has 0 radical (unpaired) electrons. The Labute approximate surface area is 124 Å². The summed E-state index contributed by atoms with van der Waals surface area (Å²) in [6.07, 6.45) is 5.86. The van der Waals surface area contributed by atoms with E-state index in [1.165, 1.54) is 24.5 Å². The number of nitrogens with zero attached hydrogens (tertiary/aromatic N) is 2. The van der Waals surface area contributed by atoms with E-state index in [-0.39, 0.29) is 5.75 Å². The molecule has 0 saturated carbocycles. The number of allylic oxidation sites excluding steroid dienone is 2. The fraction of sp³-hybridized carbons (Fsp3) is 0. The molecule has 7 heteroatoms. The average Bonchev–Trinajstić information content (AvgIpc) is 3.15. The van der Waals surface area contributed by atoms with Gasteiger partial charge < -0.3 is 27.4 Å². The van der Waals surface area contributed by atoms with Crippen LogP contribution in [0.2, 0.25) is 0 Å². The maximum atomic E-state index is 14.5. The van der Waals surface area contributed by atoms with Crippen molar-refractivity contribution in [2.24, 2.45) is 0 Å². The van der Waals surface area contributed by atoms with Gasteiger partial charge in [0.2, 0.25) is 11.5 Å². The standard InChI is InChI=1S/C15H11BF2N2O2/c17-16(18)19-9-1-3-13(19)15(14-4-2-10-20(14)16)22-12-7-5-11(21)6-8-12/h1-10,21H. The first-order valence-electron chi connectivity index (χ1n) is 6.78.